The quantitative estimate of drug-likeness (QED) is 0.875. The fourth-order valence-corrected chi connectivity index (χ4v) is 2.82. The van der Waals surface area contributed by atoms with E-state index in [1.54, 1.807) is 6.07 Å². The number of hydrogen-bond acceptors (Lipinski definition) is 3. The van der Waals surface area contributed by atoms with Gasteiger partial charge in [-0.25, -0.2) is 4.98 Å². The highest BCUT2D eigenvalue weighted by molar-refractivity contribution is 5.83. The number of rotatable bonds is 1. The molecule has 1 fully saturated rings. The number of nitrogens with zero attached hydrogens (tertiary/aromatic N) is 2. The number of nitrogens with one attached hydrogen (secondary N) is 1. The molecule has 0 saturated carbocycles. The molecule has 1 aliphatic heterocycles. The Hall–Kier alpha value is -2.38. The Morgan fingerprint density at radius 3 is 2.65 bits per heavy atom. The highest BCUT2D eigenvalue weighted by Crippen LogP contribution is 2.28. The summed E-state index contributed by atoms with van der Waals surface area (Å²) in [7, 11) is 0. The van der Waals surface area contributed by atoms with E-state index in [0.29, 0.717) is 19.4 Å². The number of alkyl halides is 3. The van der Waals surface area contributed by atoms with Crippen LogP contribution in [0.2, 0.25) is 0 Å². The molecule has 0 bridgehead atoms. The van der Waals surface area contributed by atoms with Gasteiger partial charge in [-0.1, -0.05) is 12.1 Å². The Balaban J connectivity index is 2.31. The molecule has 2 aromatic rings. The van der Waals surface area contributed by atoms with Crippen LogP contribution in [0.15, 0.2) is 29.1 Å². The first-order chi connectivity index (χ1) is 10.9. The van der Waals surface area contributed by atoms with Crippen LogP contribution in [0.25, 0.3) is 11.0 Å². The van der Waals surface area contributed by atoms with Gasteiger partial charge in [-0.2, -0.15) is 13.2 Å². The van der Waals surface area contributed by atoms with E-state index in [4.69, 9.17) is 0 Å². The molecule has 0 radical (unpaired) electrons. The van der Waals surface area contributed by atoms with Crippen LogP contribution in [0.5, 0.6) is 0 Å². The van der Waals surface area contributed by atoms with Gasteiger partial charge in [0.25, 0.3) is 5.56 Å². The van der Waals surface area contributed by atoms with E-state index >= 15 is 0 Å². The maximum Gasteiger partial charge on any atom is 0.438 e. The van der Waals surface area contributed by atoms with Gasteiger partial charge in [0.2, 0.25) is 11.6 Å². The minimum Gasteiger partial charge on any atom is -0.354 e. The first kappa shape index (κ1) is 15.5. The number of amides is 1. The van der Waals surface area contributed by atoms with Gasteiger partial charge in [0.1, 0.15) is 6.04 Å². The van der Waals surface area contributed by atoms with Crippen molar-refractivity contribution in [2.75, 3.05) is 6.54 Å². The van der Waals surface area contributed by atoms with Gasteiger partial charge in [-0.05, 0) is 31.4 Å². The van der Waals surface area contributed by atoms with Crippen LogP contribution >= 0.6 is 0 Å². The number of carbonyl (C=O) groups is 1. The Morgan fingerprint density at radius 1 is 1.17 bits per heavy atom. The number of aromatic nitrogens is 2. The van der Waals surface area contributed by atoms with E-state index in [9.17, 15) is 22.8 Å². The second kappa shape index (κ2) is 5.68. The normalized spacial score (nSPS) is 19.4. The van der Waals surface area contributed by atoms with E-state index in [0.717, 1.165) is 11.0 Å². The van der Waals surface area contributed by atoms with Crippen LogP contribution in [0.3, 0.4) is 0 Å². The molecule has 23 heavy (non-hydrogen) atoms. The van der Waals surface area contributed by atoms with Crippen molar-refractivity contribution in [1.29, 1.82) is 0 Å². The molecule has 1 amide bonds. The van der Waals surface area contributed by atoms with E-state index in [2.05, 4.69) is 10.3 Å². The highest BCUT2D eigenvalue weighted by Gasteiger charge is 2.39. The lowest BCUT2D eigenvalue weighted by molar-refractivity contribution is -0.142. The molecule has 0 aliphatic carbocycles. The minimum absolute atomic E-state index is 0.0384. The summed E-state index contributed by atoms with van der Waals surface area (Å²) in [5.41, 5.74) is -2.50. The zero-order valence-electron chi connectivity index (χ0n) is 12.1. The molecule has 5 nitrogen and oxygen atoms in total. The second-order valence-electron chi connectivity index (χ2n) is 5.42. The molecule has 1 unspecified atom stereocenters. The Morgan fingerprint density at radius 2 is 1.91 bits per heavy atom. The highest BCUT2D eigenvalue weighted by atomic mass is 19.4. The van der Waals surface area contributed by atoms with Crippen molar-refractivity contribution in [2.24, 2.45) is 0 Å². The predicted octanol–water partition coefficient (Wildman–Crippen LogP) is 2.26. The third-order valence-electron chi connectivity index (χ3n) is 3.88. The summed E-state index contributed by atoms with van der Waals surface area (Å²) >= 11 is 0. The summed E-state index contributed by atoms with van der Waals surface area (Å²) in [6.07, 6.45) is -3.18. The Labute approximate surface area is 129 Å². The molecular weight excluding hydrogens is 311 g/mol. The molecule has 1 aliphatic rings. The number of hydrogen-bond donors (Lipinski definition) is 1. The van der Waals surface area contributed by atoms with Crippen LogP contribution in [-0.2, 0) is 11.0 Å². The summed E-state index contributed by atoms with van der Waals surface area (Å²) in [4.78, 5) is 28.0. The molecule has 1 atom stereocenters. The van der Waals surface area contributed by atoms with Crippen molar-refractivity contribution >= 4 is 16.9 Å². The second-order valence-corrected chi connectivity index (χ2v) is 5.42. The van der Waals surface area contributed by atoms with Crippen molar-refractivity contribution in [2.45, 2.75) is 31.5 Å². The zero-order valence-corrected chi connectivity index (χ0v) is 12.1. The molecule has 1 N–H and O–H groups in total. The third kappa shape index (κ3) is 2.80. The Kier molecular flexibility index (Phi) is 3.83. The molecule has 2 heterocycles. The van der Waals surface area contributed by atoms with Gasteiger partial charge in [0, 0.05) is 6.54 Å². The Bertz CT molecular complexity index is 814. The molecule has 0 spiro atoms. The lowest BCUT2D eigenvalue weighted by Crippen LogP contribution is -2.39. The molecule has 1 aromatic heterocycles. The standard InChI is InChI=1S/C15H14F3N3O2/c16-15(17,18)12-14(23)21(10-6-2-1-5-9(10)20-12)11-7-3-4-8-19-13(11)22/h1-2,5-6,11H,3-4,7-8H2,(H,19,22). The molecular formula is C15H14F3N3O2. The average molecular weight is 325 g/mol. The van der Waals surface area contributed by atoms with E-state index in [-0.39, 0.29) is 11.0 Å². The van der Waals surface area contributed by atoms with Gasteiger partial charge >= 0.3 is 6.18 Å². The number of fused-ring (bicyclic) bond motifs is 1. The SMILES string of the molecule is O=C1NCCCCC1n1c(=O)c(C(F)(F)F)nc2ccccc21. The molecule has 122 valence electrons. The van der Waals surface area contributed by atoms with Gasteiger partial charge in [0.15, 0.2) is 0 Å². The lowest BCUT2D eigenvalue weighted by atomic mass is 10.1. The van der Waals surface area contributed by atoms with Gasteiger partial charge < -0.3 is 5.32 Å². The van der Waals surface area contributed by atoms with Crippen molar-refractivity contribution in [3.8, 4) is 0 Å². The minimum atomic E-state index is -4.87. The van der Waals surface area contributed by atoms with Gasteiger partial charge in [-0.3, -0.25) is 14.2 Å². The first-order valence-corrected chi connectivity index (χ1v) is 7.26. The largest absolute Gasteiger partial charge is 0.438 e. The molecule has 3 rings (SSSR count). The predicted molar refractivity (Wildman–Crippen MR) is 76.9 cm³/mol. The molecule has 8 heteroatoms. The molecule has 1 aromatic carbocycles. The smallest absolute Gasteiger partial charge is 0.354 e. The van der Waals surface area contributed by atoms with Crippen molar-refractivity contribution in [3.05, 3.63) is 40.3 Å². The van der Waals surface area contributed by atoms with Crippen LogP contribution < -0.4 is 10.9 Å². The molecule has 1 saturated heterocycles. The van der Waals surface area contributed by atoms with Gasteiger partial charge in [0.05, 0.1) is 11.0 Å². The summed E-state index contributed by atoms with van der Waals surface area (Å²) in [6, 6.07) is 5.08. The summed E-state index contributed by atoms with van der Waals surface area (Å²) in [5, 5.41) is 2.64. The topological polar surface area (TPSA) is 64.0 Å². The van der Waals surface area contributed by atoms with Crippen molar-refractivity contribution < 1.29 is 18.0 Å². The van der Waals surface area contributed by atoms with Crippen LogP contribution in [0.4, 0.5) is 13.2 Å². The van der Waals surface area contributed by atoms with Crippen LogP contribution in [0.1, 0.15) is 31.0 Å². The van der Waals surface area contributed by atoms with Crippen LogP contribution in [-0.4, -0.2) is 22.0 Å². The maximum atomic E-state index is 13.1. The summed E-state index contributed by atoms with van der Waals surface area (Å²) in [6.45, 7) is 0.458. The summed E-state index contributed by atoms with van der Waals surface area (Å²) < 4.78 is 40.3. The monoisotopic (exact) mass is 325 g/mol. The average Bonchev–Trinajstić information content (AvgIpc) is 2.70. The van der Waals surface area contributed by atoms with Gasteiger partial charge in [-0.15, -0.1) is 0 Å². The van der Waals surface area contributed by atoms with Crippen LogP contribution in [0, 0.1) is 0 Å². The van der Waals surface area contributed by atoms with E-state index < -0.39 is 29.4 Å². The maximum absolute atomic E-state index is 13.1. The van der Waals surface area contributed by atoms with E-state index in [1.807, 2.05) is 0 Å². The fraction of sp³-hybridized carbons (Fsp3) is 0.400. The fourth-order valence-electron chi connectivity index (χ4n) is 2.82. The number of halogens is 3. The van der Waals surface area contributed by atoms with Crippen molar-refractivity contribution in [1.82, 2.24) is 14.9 Å². The lowest BCUT2D eigenvalue weighted by Gasteiger charge is -2.20. The zero-order chi connectivity index (χ0) is 16.6. The number of para-hydroxylation sites is 2. The number of carbonyl (C=O) groups excluding carboxylic acids is 1. The van der Waals surface area contributed by atoms with E-state index in [1.165, 1.54) is 18.2 Å². The first-order valence-electron chi connectivity index (χ1n) is 7.26. The van der Waals surface area contributed by atoms with Crippen molar-refractivity contribution in [3.63, 3.8) is 0 Å². The summed E-state index contributed by atoms with van der Waals surface area (Å²) in [5.74, 6) is -0.436. The third-order valence-corrected chi connectivity index (χ3v) is 3.88. The number of benzene rings is 1.